The van der Waals surface area contributed by atoms with Gasteiger partial charge in [0.2, 0.25) is 0 Å². The predicted molar refractivity (Wildman–Crippen MR) is 73.7 cm³/mol. The van der Waals surface area contributed by atoms with Crippen molar-refractivity contribution >= 4 is 17.5 Å². The largest absolute Gasteiger partial charge is 0.348 e. The standard InChI is InChI=1S/C14H18ClFN2O/c15-10-5-6-11(12(16)7-10)14(19)18-13(8-17)9-3-1-2-4-9/h5-7,9,13H,1-4,8,17H2,(H,18,19). The van der Waals surface area contributed by atoms with Crippen LogP contribution in [0.15, 0.2) is 18.2 Å². The molecule has 1 aromatic rings. The number of hydrogen-bond acceptors (Lipinski definition) is 2. The van der Waals surface area contributed by atoms with E-state index in [1.807, 2.05) is 0 Å². The monoisotopic (exact) mass is 284 g/mol. The number of carbonyl (C=O) groups excluding carboxylic acids is 1. The molecule has 1 aromatic carbocycles. The van der Waals surface area contributed by atoms with Crippen LogP contribution in [0.1, 0.15) is 36.0 Å². The molecule has 0 radical (unpaired) electrons. The molecule has 1 fully saturated rings. The maximum Gasteiger partial charge on any atom is 0.254 e. The van der Waals surface area contributed by atoms with Crippen molar-refractivity contribution in [3.63, 3.8) is 0 Å². The van der Waals surface area contributed by atoms with E-state index in [9.17, 15) is 9.18 Å². The van der Waals surface area contributed by atoms with E-state index in [1.165, 1.54) is 25.0 Å². The van der Waals surface area contributed by atoms with Gasteiger partial charge in [0.25, 0.3) is 5.91 Å². The van der Waals surface area contributed by atoms with Gasteiger partial charge in [0, 0.05) is 17.6 Å². The van der Waals surface area contributed by atoms with Gasteiger partial charge < -0.3 is 11.1 Å². The van der Waals surface area contributed by atoms with Crippen LogP contribution >= 0.6 is 11.6 Å². The molecule has 0 aliphatic heterocycles. The van der Waals surface area contributed by atoms with Crippen molar-refractivity contribution in [3.8, 4) is 0 Å². The molecule has 3 N–H and O–H groups in total. The molecule has 0 spiro atoms. The van der Waals surface area contributed by atoms with Crippen LogP contribution in [0.5, 0.6) is 0 Å². The highest BCUT2D eigenvalue weighted by Crippen LogP contribution is 2.27. The Bertz CT molecular complexity index is 461. The SMILES string of the molecule is NCC(NC(=O)c1ccc(Cl)cc1F)C1CCCC1. The zero-order valence-electron chi connectivity index (χ0n) is 10.7. The quantitative estimate of drug-likeness (QED) is 0.893. The molecule has 2 rings (SSSR count). The molecule has 0 bridgehead atoms. The molecule has 0 heterocycles. The number of amides is 1. The zero-order valence-corrected chi connectivity index (χ0v) is 11.4. The van der Waals surface area contributed by atoms with Crippen LogP contribution in [0.4, 0.5) is 4.39 Å². The highest BCUT2D eigenvalue weighted by Gasteiger charge is 2.26. The van der Waals surface area contributed by atoms with Crippen molar-refractivity contribution in [2.45, 2.75) is 31.7 Å². The summed E-state index contributed by atoms with van der Waals surface area (Å²) >= 11 is 5.67. The Kier molecular flexibility index (Phi) is 4.77. The predicted octanol–water partition coefficient (Wildman–Crippen LogP) is 2.73. The molecular weight excluding hydrogens is 267 g/mol. The van der Waals surface area contributed by atoms with Gasteiger partial charge in [-0.1, -0.05) is 24.4 Å². The number of nitrogens with one attached hydrogen (secondary N) is 1. The molecule has 1 aliphatic carbocycles. The molecule has 19 heavy (non-hydrogen) atoms. The normalized spacial score (nSPS) is 17.4. The van der Waals surface area contributed by atoms with Crippen molar-refractivity contribution in [1.29, 1.82) is 0 Å². The molecule has 1 unspecified atom stereocenters. The lowest BCUT2D eigenvalue weighted by Crippen LogP contribution is -2.44. The third-order valence-corrected chi connectivity index (χ3v) is 3.95. The molecular formula is C14H18ClFN2O. The Hall–Kier alpha value is -1.13. The summed E-state index contributed by atoms with van der Waals surface area (Å²) in [5, 5.41) is 3.12. The van der Waals surface area contributed by atoms with Gasteiger partial charge in [-0.25, -0.2) is 4.39 Å². The Labute approximate surface area is 117 Å². The summed E-state index contributed by atoms with van der Waals surface area (Å²) in [6.45, 7) is 0.381. The fourth-order valence-electron chi connectivity index (χ4n) is 2.65. The van der Waals surface area contributed by atoms with Crippen molar-refractivity contribution in [1.82, 2.24) is 5.32 Å². The van der Waals surface area contributed by atoms with Gasteiger partial charge in [-0.3, -0.25) is 4.79 Å². The van der Waals surface area contributed by atoms with Gasteiger partial charge in [-0.05, 0) is 37.0 Å². The van der Waals surface area contributed by atoms with E-state index in [1.54, 1.807) is 0 Å². The summed E-state index contributed by atoms with van der Waals surface area (Å²) in [7, 11) is 0. The van der Waals surface area contributed by atoms with Crippen LogP contribution in [-0.4, -0.2) is 18.5 Å². The van der Waals surface area contributed by atoms with Crippen LogP contribution in [-0.2, 0) is 0 Å². The molecule has 5 heteroatoms. The van der Waals surface area contributed by atoms with Crippen molar-refractivity contribution in [2.24, 2.45) is 11.7 Å². The van der Waals surface area contributed by atoms with Crippen LogP contribution in [0.3, 0.4) is 0 Å². The first-order valence-corrected chi connectivity index (χ1v) is 6.95. The van der Waals surface area contributed by atoms with Crippen LogP contribution in [0.25, 0.3) is 0 Å². The minimum atomic E-state index is -0.604. The summed E-state index contributed by atoms with van der Waals surface area (Å²) in [6, 6.07) is 3.97. The van der Waals surface area contributed by atoms with Gasteiger partial charge in [-0.2, -0.15) is 0 Å². The van der Waals surface area contributed by atoms with E-state index in [-0.39, 0.29) is 16.6 Å². The topological polar surface area (TPSA) is 55.1 Å². The number of benzene rings is 1. The Balaban J connectivity index is 2.06. The van der Waals surface area contributed by atoms with Crippen molar-refractivity contribution < 1.29 is 9.18 Å². The first kappa shape index (κ1) is 14.3. The number of rotatable bonds is 4. The van der Waals surface area contributed by atoms with E-state index in [0.717, 1.165) is 18.9 Å². The highest BCUT2D eigenvalue weighted by molar-refractivity contribution is 6.30. The average molecular weight is 285 g/mol. The number of carbonyl (C=O) groups is 1. The summed E-state index contributed by atoms with van der Waals surface area (Å²) in [5.41, 5.74) is 5.73. The van der Waals surface area contributed by atoms with Gasteiger partial charge in [-0.15, -0.1) is 0 Å². The maximum absolute atomic E-state index is 13.7. The lowest BCUT2D eigenvalue weighted by molar-refractivity contribution is 0.0920. The van der Waals surface area contributed by atoms with E-state index in [2.05, 4.69) is 5.32 Å². The second-order valence-corrected chi connectivity index (χ2v) is 5.42. The van der Waals surface area contributed by atoms with E-state index >= 15 is 0 Å². The molecule has 1 saturated carbocycles. The first-order valence-electron chi connectivity index (χ1n) is 6.58. The Morgan fingerprint density at radius 1 is 1.47 bits per heavy atom. The number of nitrogens with two attached hydrogens (primary N) is 1. The van der Waals surface area contributed by atoms with Crippen molar-refractivity contribution in [3.05, 3.63) is 34.6 Å². The Morgan fingerprint density at radius 3 is 2.74 bits per heavy atom. The number of hydrogen-bond donors (Lipinski definition) is 2. The summed E-state index contributed by atoms with van der Waals surface area (Å²) < 4.78 is 13.7. The van der Waals surface area contributed by atoms with Crippen LogP contribution in [0.2, 0.25) is 5.02 Å². The van der Waals surface area contributed by atoms with Crippen molar-refractivity contribution in [2.75, 3.05) is 6.54 Å². The first-order chi connectivity index (χ1) is 9.11. The molecule has 3 nitrogen and oxygen atoms in total. The van der Waals surface area contributed by atoms with Crippen LogP contribution in [0, 0.1) is 11.7 Å². The second-order valence-electron chi connectivity index (χ2n) is 4.98. The van der Waals surface area contributed by atoms with Gasteiger partial charge >= 0.3 is 0 Å². The lowest BCUT2D eigenvalue weighted by atomic mass is 9.98. The summed E-state index contributed by atoms with van der Waals surface area (Å²) in [5.74, 6) is -0.618. The third-order valence-electron chi connectivity index (χ3n) is 3.72. The zero-order chi connectivity index (χ0) is 13.8. The van der Waals surface area contributed by atoms with E-state index in [0.29, 0.717) is 12.5 Å². The van der Waals surface area contributed by atoms with Crippen LogP contribution < -0.4 is 11.1 Å². The summed E-state index contributed by atoms with van der Waals surface area (Å²) in [6.07, 6.45) is 4.50. The molecule has 1 amide bonds. The van der Waals surface area contributed by atoms with E-state index < -0.39 is 11.7 Å². The third kappa shape index (κ3) is 3.45. The molecule has 0 saturated heterocycles. The van der Waals surface area contributed by atoms with Gasteiger partial charge in [0.05, 0.1) is 5.56 Å². The minimum absolute atomic E-state index is 0.0147. The summed E-state index contributed by atoms with van der Waals surface area (Å²) in [4.78, 5) is 12.1. The molecule has 1 aliphatic rings. The number of halogens is 2. The fraction of sp³-hybridized carbons (Fsp3) is 0.500. The minimum Gasteiger partial charge on any atom is -0.348 e. The Morgan fingerprint density at radius 2 is 2.16 bits per heavy atom. The average Bonchev–Trinajstić information content (AvgIpc) is 2.89. The van der Waals surface area contributed by atoms with Gasteiger partial charge in [0.15, 0.2) is 0 Å². The highest BCUT2D eigenvalue weighted by atomic mass is 35.5. The lowest BCUT2D eigenvalue weighted by Gasteiger charge is -2.23. The molecule has 0 aromatic heterocycles. The molecule has 1 atom stereocenters. The molecule has 104 valence electrons. The maximum atomic E-state index is 13.7. The second kappa shape index (κ2) is 6.35. The smallest absolute Gasteiger partial charge is 0.254 e. The fourth-order valence-corrected chi connectivity index (χ4v) is 2.81. The van der Waals surface area contributed by atoms with Gasteiger partial charge in [0.1, 0.15) is 5.82 Å². The van der Waals surface area contributed by atoms with E-state index in [4.69, 9.17) is 17.3 Å².